The van der Waals surface area contributed by atoms with Crippen molar-refractivity contribution in [2.75, 3.05) is 39.8 Å². The zero-order valence-electron chi connectivity index (χ0n) is 17.6. The molecule has 10 heteroatoms. The van der Waals surface area contributed by atoms with Crippen LogP contribution in [0.15, 0.2) is 23.1 Å². The molecule has 1 aromatic carbocycles. The lowest BCUT2D eigenvalue weighted by Gasteiger charge is -2.30. The van der Waals surface area contributed by atoms with Crippen LogP contribution in [0.4, 0.5) is 13.2 Å². The number of nitrogens with one attached hydrogen (secondary N) is 1. The molecular formula is C20H30F3N3O3S. The van der Waals surface area contributed by atoms with Gasteiger partial charge in [-0.05, 0) is 70.0 Å². The van der Waals surface area contributed by atoms with E-state index in [1.807, 2.05) is 13.8 Å². The van der Waals surface area contributed by atoms with Gasteiger partial charge in [-0.25, -0.2) is 8.42 Å². The fourth-order valence-electron chi connectivity index (χ4n) is 3.47. The van der Waals surface area contributed by atoms with Gasteiger partial charge in [0.25, 0.3) is 0 Å². The van der Waals surface area contributed by atoms with Gasteiger partial charge < -0.3 is 5.32 Å². The molecule has 1 fully saturated rings. The Hall–Kier alpha value is -1.65. The van der Waals surface area contributed by atoms with E-state index < -0.39 is 22.7 Å². The third-order valence-electron chi connectivity index (χ3n) is 5.41. The number of nitrogens with zero attached hydrogens (tertiary/aromatic N) is 2. The van der Waals surface area contributed by atoms with Crippen LogP contribution in [-0.4, -0.2) is 69.5 Å². The zero-order chi connectivity index (χ0) is 22.5. The van der Waals surface area contributed by atoms with Crippen LogP contribution in [0.3, 0.4) is 0 Å². The summed E-state index contributed by atoms with van der Waals surface area (Å²) < 4.78 is 64.0. The second-order valence-corrected chi connectivity index (χ2v) is 9.86. The van der Waals surface area contributed by atoms with Crippen LogP contribution < -0.4 is 5.32 Å². The monoisotopic (exact) mass is 449 g/mol. The van der Waals surface area contributed by atoms with Crippen molar-refractivity contribution in [1.82, 2.24) is 14.5 Å². The van der Waals surface area contributed by atoms with Gasteiger partial charge in [0, 0.05) is 25.6 Å². The highest BCUT2D eigenvalue weighted by Crippen LogP contribution is 2.25. The van der Waals surface area contributed by atoms with Crippen molar-refractivity contribution in [3.8, 4) is 0 Å². The van der Waals surface area contributed by atoms with Crippen LogP contribution in [0.1, 0.15) is 30.4 Å². The highest BCUT2D eigenvalue weighted by molar-refractivity contribution is 7.89. The minimum atomic E-state index is -4.23. The molecule has 1 N–H and O–H groups in total. The number of hydrogen-bond acceptors (Lipinski definition) is 4. The average Bonchev–Trinajstić information content (AvgIpc) is 2.66. The van der Waals surface area contributed by atoms with E-state index in [-0.39, 0.29) is 36.4 Å². The van der Waals surface area contributed by atoms with Crippen LogP contribution >= 0.6 is 0 Å². The smallest absolute Gasteiger partial charge is 0.356 e. The second kappa shape index (κ2) is 10.1. The first-order valence-corrected chi connectivity index (χ1v) is 11.4. The molecule has 2 rings (SSSR count). The molecule has 1 heterocycles. The van der Waals surface area contributed by atoms with Crippen molar-refractivity contribution in [2.24, 2.45) is 5.92 Å². The lowest BCUT2D eigenvalue weighted by atomic mass is 9.97. The largest absolute Gasteiger partial charge is 0.401 e. The molecular weight excluding hydrogens is 419 g/mol. The van der Waals surface area contributed by atoms with Crippen LogP contribution in [-0.2, 0) is 14.8 Å². The second-order valence-electron chi connectivity index (χ2n) is 7.92. The number of amides is 1. The number of alkyl halides is 3. The lowest BCUT2D eigenvalue weighted by molar-refractivity contribution is -0.143. The summed E-state index contributed by atoms with van der Waals surface area (Å²) in [5.41, 5.74) is 1.93. The molecule has 1 aliphatic heterocycles. The Morgan fingerprint density at radius 2 is 1.83 bits per heavy atom. The Balaban J connectivity index is 1.78. The van der Waals surface area contributed by atoms with Gasteiger partial charge in [-0.15, -0.1) is 0 Å². The van der Waals surface area contributed by atoms with Crippen molar-refractivity contribution < 1.29 is 26.4 Å². The molecule has 0 aliphatic carbocycles. The average molecular weight is 450 g/mol. The number of rotatable bonds is 8. The molecule has 0 atom stereocenters. The maximum absolute atomic E-state index is 12.8. The van der Waals surface area contributed by atoms with Gasteiger partial charge >= 0.3 is 6.18 Å². The lowest BCUT2D eigenvalue weighted by Crippen LogP contribution is -2.43. The van der Waals surface area contributed by atoms with Crippen molar-refractivity contribution >= 4 is 15.9 Å². The molecule has 0 aromatic heterocycles. The van der Waals surface area contributed by atoms with E-state index in [1.54, 1.807) is 18.2 Å². The molecule has 30 heavy (non-hydrogen) atoms. The molecule has 1 aliphatic rings. The van der Waals surface area contributed by atoms with E-state index in [2.05, 4.69) is 5.32 Å². The Bertz CT molecular complexity index is 835. The van der Waals surface area contributed by atoms with Gasteiger partial charge in [-0.1, -0.05) is 6.07 Å². The summed E-state index contributed by atoms with van der Waals surface area (Å²) in [6.45, 7) is 3.86. The predicted molar refractivity (Wildman–Crippen MR) is 109 cm³/mol. The van der Waals surface area contributed by atoms with Crippen LogP contribution in [0.5, 0.6) is 0 Å². The molecule has 1 aromatic rings. The van der Waals surface area contributed by atoms with Crippen LogP contribution in [0.2, 0.25) is 0 Å². The number of halogens is 3. The summed E-state index contributed by atoms with van der Waals surface area (Å²) in [4.78, 5) is 13.7. The fourth-order valence-corrected chi connectivity index (χ4v) is 5.03. The summed E-state index contributed by atoms with van der Waals surface area (Å²) >= 11 is 0. The molecule has 0 unspecified atom stereocenters. The maximum Gasteiger partial charge on any atom is 0.401 e. The van der Waals surface area contributed by atoms with E-state index >= 15 is 0 Å². The Morgan fingerprint density at radius 3 is 2.40 bits per heavy atom. The quantitative estimate of drug-likeness (QED) is 0.620. The molecule has 0 saturated carbocycles. The number of piperidine rings is 1. The molecule has 1 saturated heterocycles. The standard InChI is InChI=1S/C20H30F3N3O3S/c1-15-5-6-18(13-16(15)2)30(28,29)26-11-7-17(8-12-26)19(27)24-9-4-10-25(3)14-20(21,22)23/h5-6,13,17H,4,7-12,14H2,1-3H3,(H,24,27). The Labute approximate surface area is 176 Å². The fraction of sp³-hybridized carbons (Fsp3) is 0.650. The topological polar surface area (TPSA) is 69.7 Å². The van der Waals surface area contributed by atoms with E-state index in [4.69, 9.17) is 0 Å². The van der Waals surface area contributed by atoms with Crippen molar-refractivity contribution in [2.45, 2.75) is 44.2 Å². The van der Waals surface area contributed by atoms with Gasteiger partial charge in [-0.2, -0.15) is 17.5 Å². The maximum atomic E-state index is 12.8. The molecule has 1 amide bonds. The van der Waals surface area contributed by atoms with E-state index in [0.717, 1.165) is 11.1 Å². The summed E-state index contributed by atoms with van der Waals surface area (Å²) in [5.74, 6) is -0.458. The summed E-state index contributed by atoms with van der Waals surface area (Å²) in [6.07, 6.45) is -2.98. The Kier molecular flexibility index (Phi) is 8.29. The highest BCUT2D eigenvalue weighted by atomic mass is 32.2. The minimum Gasteiger partial charge on any atom is -0.356 e. The van der Waals surface area contributed by atoms with Gasteiger partial charge in [0.2, 0.25) is 15.9 Å². The normalized spacial score (nSPS) is 16.8. The number of carbonyl (C=O) groups excluding carboxylic acids is 1. The molecule has 170 valence electrons. The molecule has 0 radical (unpaired) electrons. The van der Waals surface area contributed by atoms with Crippen LogP contribution in [0, 0.1) is 19.8 Å². The minimum absolute atomic E-state index is 0.170. The van der Waals surface area contributed by atoms with Crippen molar-refractivity contribution in [1.29, 1.82) is 0 Å². The Morgan fingerprint density at radius 1 is 1.20 bits per heavy atom. The van der Waals surface area contributed by atoms with Gasteiger partial charge in [0.05, 0.1) is 11.4 Å². The number of benzene rings is 1. The number of carbonyl (C=O) groups is 1. The SMILES string of the molecule is Cc1ccc(S(=O)(=O)N2CCC(C(=O)NCCCN(C)CC(F)(F)F)CC2)cc1C. The van der Waals surface area contributed by atoms with Gasteiger partial charge in [0.1, 0.15) is 0 Å². The molecule has 0 bridgehead atoms. The summed E-state index contributed by atoms with van der Waals surface area (Å²) in [5, 5.41) is 2.75. The van der Waals surface area contributed by atoms with E-state index in [1.165, 1.54) is 16.3 Å². The third kappa shape index (κ3) is 6.95. The number of hydrogen-bond donors (Lipinski definition) is 1. The highest BCUT2D eigenvalue weighted by Gasteiger charge is 2.32. The first-order chi connectivity index (χ1) is 13.9. The summed E-state index contributed by atoms with van der Waals surface area (Å²) in [6, 6.07) is 5.06. The third-order valence-corrected chi connectivity index (χ3v) is 7.30. The zero-order valence-corrected chi connectivity index (χ0v) is 18.4. The molecule has 0 spiro atoms. The number of aryl methyl sites for hydroxylation is 2. The van der Waals surface area contributed by atoms with Crippen molar-refractivity contribution in [3.05, 3.63) is 29.3 Å². The number of sulfonamides is 1. The first-order valence-electron chi connectivity index (χ1n) is 10.0. The molecule has 6 nitrogen and oxygen atoms in total. The predicted octanol–water partition coefficient (Wildman–Crippen LogP) is 2.70. The van der Waals surface area contributed by atoms with Gasteiger partial charge in [-0.3, -0.25) is 9.69 Å². The summed E-state index contributed by atoms with van der Waals surface area (Å²) in [7, 11) is -2.20. The van der Waals surface area contributed by atoms with Crippen molar-refractivity contribution in [3.63, 3.8) is 0 Å². The van der Waals surface area contributed by atoms with E-state index in [0.29, 0.717) is 25.8 Å². The first kappa shape index (κ1) is 24.6. The van der Waals surface area contributed by atoms with Gasteiger partial charge in [0.15, 0.2) is 0 Å². The van der Waals surface area contributed by atoms with Crippen LogP contribution in [0.25, 0.3) is 0 Å². The van der Waals surface area contributed by atoms with E-state index in [9.17, 15) is 26.4 Å².